The van der Waals surface area contributed by atoms with E-state index in [1.165, 1.54) is 0 Å². The van der Waals surface area contributed by atoms with Crippen molar-refractivity contribution in [2.24, 2.45) is 5.92 Å². The van der Waals surface area contributed by atoms with Crippen molar-refractivity contribution in [3.63, 3.8) is 0 Å². The summed E-state index contributed by atoms with van der Waals surface area (Å²) in [6.07, 6.45) is -12.3. The first kappa shape index (κ1) is 22.6. The second-order valence-electron chi connectivity index (χ2n) is 6.34. The minimum Gasteiger partial charge on any atom is -0.312 e. The summed E-state index contributed by atoms with van der Waals surface area (Å²) >= 11 is 0. The average molecular weight is 407 g/mol. The Kier molecular flexibility index (Phi) is 6.58. The molecular formula is C12H18F8NO3P. The Morgan fingerprint density at radius 2 is 1.60 bits per heavy atom. The lowest BCUT2D eigenvalue weighted by Crippen LogP contribution is -2.58. The Morgan fingerprint density at radius 1 is 1.12 bits per heavy atom. The van der Waals surface area contributed by atoms with E-state index in [1.54, 1.807) is 0 Å². The molecule has 0 aromatic heterocycles. The summed E-state index contributed by atoms with van der Waals surface area (Å²) in [5.41, 5.74) is -2.52. The van der Waals surface area contributed by atoms with Gasteiger partial charge >= 0.3 is 32.4 Å². The highest BCUT2D eigenvalue weighted by atomic mass is 31.2. The topological polar surface area (TPSA) is 60.8 Å². The standard InChI is InChI=1S/C12H18F8NO3P/c1-10(6-12(19,20)9(15)16)7(5-11(17,18)8(13)14)3-2-4-21(10)25(22,23)24/h7-9H,2-6H2,1H3,(H2,22,23,24). The van der Waals surface area contributed by atoms with Crippen LogP contribution in [-0.2, 0) is 4.57 Å². The lowest BCUT2D eigenvalue weighted by molar-refractivity contribution is -0.178. The van der Waals surface area contributed by atoms with Gasteiger partial charge in [-0.3, -0.25) is 0 Å². The second kappa shape index (κ2) is 7.28. The molecule has 150 valence electrons. The van der Waals surface area contributed by atoms with Crippen molar-refractivity contribution in [3.05, 3.63) is 0 Å². The number of halogens is 8. The lowest BCUT2D eigenvalue weighted by Gasteiger charge is -2.51. The van der Waals surface area contributed by atoms with E-state index in [1.807, 2.05) is 0 Å². The van der Waals surface area contributed by atoms with E-state index >= 15 is 0 Å². The van der Waals surface area contributed by atoms with Gasteiger partial charge in [-0.25, -0.2) is 44.4 Å². The number of nitrogens with zero attached hydrogens (tertiary/aromatic N) is 1. The maximum Gasteiger partial charge on any atom is 0.403 e. The zero-order valence-corrected chi connectivity index (χ0v) is 13.9. The first-order valence-corrected chi connectivity index (χ1v) is 8.76. The highest BCUT2D eigenvalue weighted by Gasteiger charge is 2.58. The molecule has 0 aromatic carbocycles. The maximum atomic E-state index is 13.5. The third kappa shape index (κ3) is 5.05. The fourth-order valence-electron chi connectivity index (χ4n) is 3.22. The molecule has 1 fully saturated rings. The Hall–Kier alpha value is -0.450. The molecule has 1 aliphatic rings. The smallest absolute Gasteiger partial charge is 0.312 e. The first-order chi connectivity index (χ1) is 11.0. The van der Waals surface area contributed by atoms with Gasteiger partial charge in [0.2, 0.25) is 0 Å². The molecule has 0 spiro atoms. The summed E-state index contributed by atoms with van der Waals surface area (Å²) in [6.45, 7) is 0.199. The third-order valence-corrected chi connectivity index (χ3v) is 5.74. The van der Waals surface area contributed by atoms with E-state index < -0.39 is 63.3 Å². The average Bonchev–Trinajstić information content (AvgIpc) is 2.38. The highest BCUT2D eigenvalue weighted by Crippen LogP contribution is 2.56. The zero-order chi connectivity index (χ0) is 19.8. The summed E-state index contributed by atoms with van der Waals surface area (Å²) in [4.78, 5) is 18.6. The monoisotopic (exact) mass is 407 g/mol. The molecule has 25 heavy (non-hydrogen) atoms. The molecule has 2 unspecified atom stereocenters. The molecule has 1 rings (SSSR count). The van der Waals surface area contributed by atoms with E-state index in [9.17, 15) is 49.5 Å². The normalized spacial score (nSPS) is 27.3. The summed E-state index contributed by atoms with van der Waals surface area (Å²) in [7, 11) is -5.28. The van der Waals surface area contributed by atoms with E-state index in [2.05, 4.69) is 0 Å². The number of alkyl halides is 8. The molecule has 0 bridgehead atoms. The summed E-state index contributed by atoms with van der Waals surface area (Å²) in [5, 5.41) is 0. The van der Waals surface area contributed by atoms with Crippen LogP contribution in [0.4, 0.5) is 35.1 Å². The van der Waals surface area contributed by atoms with Crippen molar-refractivity contribution >= 4 is 7.75 Å². The van der Waals surface area contributed by atoms with Crippen LogP contribution in [-0.4, -0.2) is 51.2 Å². The van der Waals surface area contributed by atoms with Gasteiger partial charge in [0.15, 0.2) is 0 Å². The van der Waals surface area contributed by atoms with Crippen LogP contribution in [0.2, 0.25) is 0 Å². The molecule has 13 heteroatoms. The van der Waals surface area contributed by atoms with Crippen molar-refractivity contribution in [2.75, 3.05) is 6.54 Å². The second-order valence-corrected chi connectivity index (χ2v) is 7.85. The van der Waals surface area contributed by atoms with Gasteiger partial charge in [-0.2, -0.15) is 0 Å². The SMILES string of the molecule is CC1(CC(F)(F)C(F)F)C(CC(F)(F)C(F)F)CCCN1P(=O)(O)O. The zero-order valence-electron chi connectivity index (χ0n) is 13.0. The van der Waals surface area contributed by atoms with E-state index in [-0.39, 0.29) is 17.5 Å². The highest BCUT2D eigenvalue weighted by molar-refractivity contribution is 7.49. The number of hydrogen-bond donors (Lipinski definition) is 2. The first-order valence-electron chi connectivity index (χ1n) is 7.19. The Morgan fingerprint density at radius 3 is 2.00 bits per heavy atom. The van der Waals surface area contributed by atoms with Crippen LogP contribution >= 0.6 is 7.75 Å². The fraction of sp³-hybridized carbons (Fsp3) is 1.00. The van der Waals surface area contributed by atoms with E-state index in [0.29, 0.717) is 6.92 Å². The van der Waals surface area contributed by atoms with Crippen LogP contribution in [0, 0.1) is 5.92 Å². The van der Waals surface area contributed by atoms with Gasteiger partial charge in [0.1, 0.15) is 0 Å². The lowest BCUT2D eigenvalue weighted by atomic mass is 9.73. The molecule has 1 saturated heterocycles. The van der Waals surface area contributed by atoms with E-state index in [0.717, 1.165) is 0 Å². The van der Waals surface area contributed by atoms with Crippen LogP contribution in [0.25, 0.3) is 0 Å². The minimum atomic E-state index is -5.28. The third-order valence-electron chi connectivity index (χ3n) is 4.46. The Labute approximate surface area is 138 Å². The van der Waals surface area contributed by atoms with Crippen molar-refractivity contribution in [2.45, 2.75) is 62.8 Å². The van der Waals surface area contributed by atoms with Crippen molar-refractivity contribution in [1.82, 2.24) is 4.67 Å². The molecule has 1 heterocycles. The quantitative estimate of drug-likeness (QED) is 0.492. The molecule has 0 radical (unpaired) electrons. The van der Waals surface area contributed by atoms with Crippen LogP contribution in [0.15, 0.2) is 0 Å². The van der Waals surface area contributed by atoms with Crippen LogP contribution in [0.1, 0.15) is 32.6 Å². The van der Waals surface area contributed by atoms with E-state index in [4.69, 9.17) is 0 Å². The summed E-state index contributed by atoms with van der Waals surface area (Å²) in [5.74, 6) is -11.1. The molecule has 2 N–H and O–H groups in total. The number of hydrogen-bond acceptors (Lipinski definition) is 1. The maximum absolute atomic E-state index is 13.5. The molecule has 0 amide bonds. The van der Waals surface area contributed by atoms with Crippen LogP contribution in [0.3, 0.4) is 0 Å². The summed E-state index contributed by atoms with van der Waals surface area (Å²) in [6, 6.07) is 0. The number of piperidine rings is 1. The van der Waals surface area contributed by atoms with Gasteiger partial charge in [-0.05, 0) is 25.7 Å². The number of rotatable bonds is 7. The van der Waals surface area contributed by atoms with Gasteiger partial charge < -0.3 is 9.79 Å². The Balaban J connectivity index is 3.31. The van der Waals surface area contributed by atoms with Gasteiger partial charge in [0, 0.05) is 24.9 Å². The van der Waals surface area contributed by atoms with Crippen molar-refractivity contribution in [3.8, 4) is 0 Å². The van der Waals surface area contributed by atoms with Gasteiger partial charge in [0.05, 0.1) is 0 Å². The summed E-state index contributed by atoms with van der Waals surface area (Å²) < 4.78 is 115. The predicted molar refractivity (Wildman–Crippen MR) is 71.0 cm³/mol. The molecule has 2 atom stereocenters. The van der Waals surface area contributed by atoms with Crippen molar-refractivity contribution in [1.29, 1.82) is 0 Å². The minimum absolute atomic E-state index is 0.145. The van der Waals surface area contributed by atoms with Gasteiger partial charge in [0.25, 0.3) is 0 Å². The van der Waals surface area contributed by atoms with Crippen LogP contribution < -0.4 is 0 Å². The molecule has 0 aliphatic carbocycles. The Bertz CT molecular complexity index is 515. The molecular weight excluding hydrogens is 389 g/mol. The van der Waals surface area contributed by atoms with Gasteiger partial charge in [-0.1, -0.05) is 0 Å². The molecule has 0 saturated carbocycles. The molecule has 4 nitrogen and oxygen atoms in total. The van der Waals surface area contributed by atoms with Gasteiger partial charge in [-0.15, -0.1) is 0 Å². The molecule has 0 aromatic rings. The largest absolute Gasteiger partial charge is 0.403 e. The fourth-order valence-corrected chi connectivity index (χ4v) is 4.45. The predicted octanol–water partition coefficient (Wildman–Crippen LogP) is 4.13. The van der Waals surface area contributed by atoms with Crippen LogP contribution in [0.5, 0.6) is 0 Å². The molecule has 1 aliphatic heterocycles. The van der Waals surface area contributed by atoms with Crippen molar-refractivity contribution < 1.29 is 49.5 Å².